The highest BCUT2D eigenvalue weighted by Gasteiger charge is 1.77. The third kappa shape index (κ3) is 6.24. The van der Waals surface area contributed by atoms with Gasteiger partial charge in [0.1, 0.15) is 0 Å². The van der Waals surface area contributed by atoms with Gasteiger partial charge in [-0.05, 0) is 25.7 Å². The number of allylic oxidation sites excluding steroid dienone is 10. The summed E-state index contributed by atoms with van der Waals surface area (Å²) in [6.45, 7) is 0. The van der Waals surface area contributed by atoms with Crippen LogP contribution in [0.1, 0.15) is 25.7 Å². The molecule has 1 aliphatic carbocycles. The topological polar surface area (TPSA) is 0 Å². The predicted octanol–water partition coefficient (Wildman–Crippen LogP) is 4.34. The molecule has 0 heteroatoms. The van der Waals surface area contributed by atoms with Crippen molar-refractivity contribution in [3.63, 3.8) is 0 Å². The lowest BCUT2D eigenvalue weighted by molar-refractivity contribution is 1.04. The third-order valence-corrected chi connectivity index (χ3v) is 1.98. The molecule has 0 bridgehead atoms. The maximum Gasteiger partial charge on any atom is -0.0166 e. The lowest BCUT2D eigenvalue weighted by Gasteiger charge is -1.87. The normalized spacial score (nSPS) is 27.4. The van der Waals surface area contributed by atoms with E-state index in [1.165, 1.54) is 0 Å². The highest BCUT2D eigenvalue weighted by atomic mass is 13.8. The van der Waals surface area contributed by atoms with Gasteiger partial charge in [-0.2, -0.15) is 0 Å². The largest absolute Gasteiger partial charge is 0.0879 e. The zero-order valence-corrected chi connectivity index (χ0v) is 8.60. The molecule has 0 aromatic carbocycles. The van der Waals surface area contributed by atoms with Gasteiger partial charge in [-0.3, -0.25) is 0 Å². The molecule has 0 N–H and O–H groups in total. The van der Waals surface area contributed by atoms with Crippen LogP contribution in [0.2, 0.25) is 0 Å². The molecule has 0 aromatic rings. The maximum absolute atomic E-state index is 2.25. The zero-order valence-electron chi connectivity index (χ0n) is 8.60. The summed E-state index contributed by atoms with van der Waals surface area (Å²) in [5, 5.41) is 0. The summed E-state index contributed by atoms with van der Waals surface area (Å²) in [5.41, 5.74) is 0. The Labute approximate surface area is 87.0 Å². The van der Waals surface area contributed by atoms with Crippen molar-refractivity contribution in [1.82, 2.24) is 0 Å². The number of rotatable bonds is 0. The molecular formula is C14H18. The van der Waals surface area contributed by atoms with Crippen molar-refractivity contribution in [2.45, 2.75) is 25.7 Å². The van der Waals surface area contributed by atoms with E-state index < -0.39 is 0 Å². The summed E-state index contributed by atoms with van der Waals surface area (Å²) in [7, 11) is 0. The van der Waals surface area contributed by atoms with Crippen molar-refractivity contribution in [2.75, 3.05) is 0 Å². The fourth-order valence-electron chi connectivity index (χ4n) is 1.22. The van der Waals surface area contributed by atoms with Gasteiger partial charge >= 0.3 is 0 Å². The minimum absolute atomic E-state index is 1.03. The molecular weight excluding hydrogens is 168 g/mol. The van der Waals surface area contributed by atoms with Crippen molar-refractivity contribution < 1.29 is 0 Å². The Bertz CT molecular complexity index is 262. The van der Waals surface area contributed by atoms with E-state index in [-0.39, 0.29) is 0 Å². The third-order valence-electron chi connectivity index (χ3n) is 1.98. The molecule has 0 unspecified atom stereocenters. The molecule has 0 saturated heterocycles. The molecule has 0 heterocycles. The Balaban J connectivity index is 2.45. The van der Waals surface area contributed by atoms with Crippen molar-refractivity contribution in [2.24, 2.45) is 0 Å². The Morgan fingerprint density at radius 1 is 0.429 bits per heavy atom. The van der Waals surface area contributed by atoms with E-state index in [2.05, 4.69) is 60.8 Å². The van der Waals surface area contributed by atoms with Crippen LogP contribution in [0, 0.1) is 0 Å². The van der Waals surface area contributed by atoms with Gasteiger partial charge in [-0.1, -0.05) is 60.8 Å². The van der Waals surface area contributed by atoms with Gasteiger partial charge in [0, 0.05) is 0 Å². The Morgan fingerprint density at radius 2 is 1.00 bits per heavy atom. The average Bonchev–Trinajstić information content (AvgIpc) is 2.22. The van der Waals surface area contributed by atoms with Crippen molar-refractivity contribution in [3.05, 3.63) is 60.8 Å². The van der Waals surface area contributed by atoms with E-state index in [4.69, 9.17) is 0 Å². The van der Waals surface area contributed by atoms with Crippen LogP contribution in [-0.2, 0) is 0 Å². The second kappa shape index (κ2) is 8.31. The molecule has 0 amide bonds. The maximum atomic E-state index is 2.25. The van der Waals surface area contributed by atoms with Crippen LogP contribution in [0.25, 0.3) is 0 Å². The standard InChI is InChI=1S/C14H18/c1-2-4-6-8-10-12-14-13-11-9-7-5-3-1/h1-6,9,11-12,14H,7-8,10,13H2/b2-1+,5-3-,6-4+,11-9+,14-12?. The van der Waals surface area contributed by atoms with Gasteiger partial charge in [0.2, 0.25) is 0 Å². The van der Waals surface area contributed by atoms with Gasteiger partial charge in [-0.25, -0.2) is 0 Å². The van der Waals surface area contributed by atoms with Gasteiger partial charge in [0.05, 0.1) is 0 Å². The van der Waals surface area contributed by atoms with Crippen LogP contribution in [-0.4, -0.2) is 0 Å². The lowest BCUT2D eigenvalue weighted by atomic mass is 10.2. The minimum atomic E-state index is 1.03. The van der Waals surface area contributed by atoms with Gasteiger partial charge in [0.15, 0.2) is 0 Å². The van der Waals surface area contributed by atoms with E-state index >= 15 is 0 Å². The van der Waals surface area contributed by atoms with Crippen molar-refractivity contribution in [1.29, 1.82) is 0 Å². The van der Waals surface area contributed by atoms with Gasteiger partial charge < -0.3 is 0 Å². The quantitative estimate of drug-likeness (QED) is 0.494. The smallest absolute Gasteiger partial charge is 0.0166 e. The van der Waals surface area contributed by atoms with Crippen LogP contribution >= 0.6 is 0 Å². The SMILES string of the molecule is C1=CCC/C=C/C=C/C=C\C/C=C/C1. The molecule has 1 aliphatic rings. The van der Waals surface area contributed by atoms with E-state index in [0.29, 0.717) is 0 Å². The second-order valence-electron chi connectivity index (χ2n) is 3.23. The summed E-state index contributed by atoms with van der Waals surface area (Å²) in [6, 6.07) is 0. The fraction of sp³-hybridized carbons (Fsp3) is 0.286. The zero-order chi connectivity index (χ0) is 9.90. The van der Waals surface area contributed by atoms with Crippen LogP contribution in [0.15, 0.2) is 60.8 Å². The Hall–Kier alpha value is -1.30. The first-order chi connectivity index (χ1) is 7.00. The predicted molar refractivity (Wildman–Crippen MR) is 64.2 cm³/mol. The lowest BCUT2D eigenvalue weighted by Crippen LogP contribution is -1.66. The molecule has 0 aliphatic heterocycles. The summed E-state index contributed by atoms with van der Waals surface area (Å²) < 4.78 is 0. The second-order valence-corrected chi connectivity index (χ2v) is 3.23. The van der Waals surface area contributed by atoms with Crippen LogP contribution in [0.5, 0.6) is 0 Å². The highest BCUT2D eigenvalue weighted by molar-refractivity contribution is 5.12. The first kappa shape index (κ1) is 10.8. The summed E-state index contributed by atoms with van der Waals surface area (Å²) in [5.74, 6) is 0. The summed E-state index contributed by atoms with van der Waals surface area (Å²) >= 11 is 0. The van der Waals surface area contributed by atoms with Gasteiger partial charge in [-0.15, -0.1) is 0 Å². The van der Waals surface area contributed by atoms with Crippen molar-refractivity contribution >= 4 is 0 Å². The van der Waals surface area contributed by atoms with Crippen molar-refractivity contribution in [3.8, 4) is 0 Å². The molecule has 14 heavy (non-hydrogen) atoms. The summed E-state index contributed by atoms with van der Waals surface area (Å²) in [6.07, 6.45) is 26.0. The number of hydrogen-bond acceptors (Lipinski definition) is 0. The molecule has 0 spiro atoms. The van der Waals surface area contributed by atoms with Crippen LogP contribution in [0.3, 0.4) is 0 Å². The fourth-order valence-corrected chi connectivity index (χ4v) is 1.22. The average molecular weight is 186 g/mol. The summed E-state index contributed by atoms with van der Waals surface area (Å²) in [4.78, 5) is 0. The molecule has 74 valence electrons. The first-order valence-corrected chi connectivity index (χ1v) is 5.28. The Kier molecular flexibility index (Phi) is 6.39. The molecule has 0 atom stereocenters. The molecule has 0 fully saturated rings. The molecule has 1 rings (SSSR count). The van der Waals surface area contributed by atoms with Gasteiger partial charge in [0.25, 0.3) is 0 Å². The van der Waals surface area contributed by atoms with E-state index in [9.17, 15) is 0 Å². The minimum Gasteiger partial charge on any atom is -0.0879 e. The molecule has 0 saturated carbocycles. The molecule has 0 radical (unpaired) electrons. The Morgan fingerprint density at radius 3 is 1.86 bits per heavy atom. The first-order valence-electron chi connectivity index (χ1n) is 5.28. The monoisotopic (exact) mass is 186 g/mol. The molecule has 0 nitrogen and oxygen atoms in total. The van der Waals surface area contributed by atoms with Crippen LogP contribution in [0.4, 0.5) is 0 Å². The molecule has 0 aromatic heterocycles. The highest BCUT2D eigenvalue weighted by Crippen LogP contribution is 1.97. The number of hydrogen-bond donors (Lipinski definition) is 0. The van der Waals surface area contributed by atoms with E-state index in [0.717, 1.165) is 25.7 Å². The van der Waals surface area contributed by atoms with E-state index in [1.807, 2.05) is 0 Å². The van der Waals surface area contributed by atoms with Crippen LogP contribution < -0.4 is 0 Å². The van der Waals surface area contributed by atoms with E-state index in [1.54, 1.807) is 0 Å².